The molecule has 17 heavy (non-hydrogen) atoms. The Bertz CT molecular complexity index is 372. The first-order valence-electron chi connectivity index (χ1n) is 6.05. The van der Waals surface area contributed by atoms with Gasteiger partial charge in [-0.05, 0) is 31.3 Å². The van der Waals surface area contributed by atoms with E-state index in [-0.39, 0.29) is 11.4 Å². The zero-order valence-corrected chi connectivity index (χ0v) is 11.2. The van der Waals surface area contributed by atoms with Gasteiger partial charge in [-0.25, -0.2) is 0 Å². The van der Waals surface area contributed by atoms with Gasteiger partial charge in [-0.2, -0.15) is 0 Å². The van der Waals surface area contributed by atoms with Gasteiger partial charge in [0, 0.05) is 12.8 Å². The van der Waals surface area contributed by atoms with E-state index in [0.717, 1.165) is 6.42 Å². The van der Waals surface area contributed by atoms with E-state index < -0.39 is 0 Å². The van der Waals surface area contributed by atoms with E-state index >= 15 is 0 Å². The van der Waals surface area contributed by atoms with Crippen molar-refractivity contribution >= 4 is 5.97 Å². The SMILES string of the molecule is C=C(/C=C/C1C(C)=CCCC1(C)C)OC(C)=O. The molecule has 0 aromatic rings. The molecule has 0 aromatic heterocycles. The quantitative estimate of drug-likeness (QED) is 0.319. The van der Waals surface area contributed by atoms with Crippen LogP contribution in [0.25, 0.3) is 0 Å². The van der Waals surface area contributed by atoms with Gasteiger partial charge in [-0.1, -0.05) is 38.2 Å². The number of ether oxygens (including phenoxy) is 1. The van der Waals surface area contributed by atoms with Crippen LogP contribution in [0, 0.1) is 11.3 Å². The molecule has 0 aromatic carbocycles. The first-order valence-corrected chi connectivity index (χ1v) is 6.05. The Morgan fingerprint density at radius 1 is 1.59 bits per heavy atom. The summed E-state index contributed by atoms with van der Waals surface area (Å²) in [7, 11) is 0. The van der Waals surface area contributed by atoms with Gasteiger partial charge in [-0.15, -0.1) is 0 Å². The Morgan fingerprint density at radius 2 is 2.24 bits per heavy atom. The zero-order valence-electron chi connectivity index (χ0n) is 11.2. The Kier molecular flexibility index (Phi) is 4.33. The molecule has 0 saturated heterocycles. The van der Waals surface area contributed by atoms with E-state index in [1.807, 2.05) is 0 Å². The van der Waals surface area contributed by atoms with E-state index in [9.17, 15) is 4.79 Å². The predicted molar refractivity (Wildman–Crippen MR) is 70.3 cm³/mol. The number of esters is 1. The third-order valence-electron chi connectivity index (χ3n) is 3.34. The van der Waals surface area contributed by atoms with Crippen molar-refractivity contribution in [3.05, 3.63) is 36.1 Å². The van der Waals surface area contributed by atoms with Crippen molar-refractivity contribution in [2.75, 3.05) is 0 Å². The van der Waals surface area contributed by atoms with Crippen molar-refractivity contribution in [3.63, 3.8) is 0 Å². The van der Waals surface area contributed by atoms with E-state index in [1.165, 1.54) is 18.9 Å². The maximum atomic E-state index is 10.8. The van der Waals surface area contributed by atoms with E-state index in [4.69, 9.17) is 4.74 Å². The molecule has 0 aliphatic heterocycles. The zero-order chi connectivity index (χ0) is 13.1. The Labute approximate surface area is 104 Å². The Balaban J connectivity index is 2.75. The van der Waals surface area contributed by atoms with Crippen LogP contribution < -0.4 is 0 Å². The summed E-state index contributed by atoms with van der Waals surface area (Å²) in [6.07, 6.45) is 8.51. The summed E-state index contributed by atoms with van der Waals surface area (Å²) >= 11 is 0. The highest BCUT2D eigenvalue weighted by molar-refractivity contribution is 5.67. The molecule has 2 nitrogen and oxygen atoms in total. The summed E-state index contributed by atoms with van der Waals surface area (Å²) in [5, 5.41) is 0. The molecule has 1 unspecified atom stereocenters. The lowest BCUT2D eigenvalue weighted by Gasteiger charge is -2.36. The molecule has 0 fully saturated rings. The largest absolute Gasteiger partial charge is 0.427 e. The molecular formula is C15H22O2. The second kappa shape index (κ2) is 5.35. The van der Waals surface area contributed by atoms with Gasteiger partial charge in [0.2, 0.25) is 0 Å². The van der Waals surface area contributed by atoms with Crippen LogP contribution in [0.15, 0.2) is 36.1 Å². The van der Waals surface area contributed by atoms with Crippen molar-refractivity contribution in [1.82, 2.24) is 0 Å². The van der Waals surface area contributed by atoms with Crippen molar-refractivity contribution in [2.24, 2.45) is 11.3 Å². The summed E-state index contributed by atoms with van der Waals surface area (Å²) < 4.78 is 4.91. The lowest BCUT2D eigenvalue weighted by atomic mass is 9.68. The standard InChI is InChI=1S/C15H22O2/c1-11-7-6-10-15(4,5)14(11)9-8-12(2)17-13(3)16/h7-9,14H,2,6,10H2,1,3-5H3/b9-8+. The van der Waals surface area contributed by atoms with Gasteiger partial charge in [-0.3, -0.25) is 4.79 Å². The van der Waals surface area contributed by atoms with Crippen molar-refractivity contribution in [1.29, 1.82) is 0 Å². The smallest absolute Gasteiger partial charge is 0.308 e. The highest BCUT2D eigenvalue weighted by Gasteiger charge is 2.30. The van der Waals surface area contributed by atoms with Crippen molar-refractivity contribution < 1.29 is 9.53 Å². The lowest BCUT2D eigenvalue weighted by Crippen LogP contribution is -2.26. The molecule has 0 bridgehead atoms. The minimum absolute atomic E-state index is 0.256. The van der Waals surface area contributed by atoms with Crippen LogP contribution in [0.3, 0.4) is 0 Å². The molecule has 1 atom stereocenters. The molecule has 1 rings (SSSR count). The molecule has 0 heterocycles. The fourth-order valence-electron chi connectivity index (χ4n) is 2.41. The number of carbonyl (C=O) groups is 1. The molecular weight excluding hydrogens is 212 g/mol. The van der Waals surface area contributed by atoms with Gasteiger partial charge < -0.3 is 4.74 Å². The number of hydrogen-bond donors (Lipinski definition) is 0. The Morgan fingerprint density at radius 3 is 2.76 bits per heavy atom. The topological polar surface area (TPSA) is 26.3 Å². The fraction of sp³-hybridized carbons (Fsp3) is 0.533. The third-order valence-corrected chi connectivity index (χ3v) is 3.34. The normalized spacial score (nSPS) is 23.3. The van der Waals surface area contributed by atoms with Crippen LogP contribution in [-0.2, 0) is 9.53 Å². The number of rotatable bonds is 3. The molecule has 1 aliphatic carbocycles. The molecule has 0 radical (unpaired) electrons. The average molecular weight is 234 g/mol. The van der Waals surface area contributed by atoms with Crippen molar-refractivity contribution in [3.8, 4) is 0 Å². The van der Waals surface area contributed by atoms with Gasteiger partial charge in [0.1, 0.15) is 5.76 Å². The van der Waals surface area contributed by atoms with E-state index in [1.54, 1.807) is 6.08 Å². The summed E-state index contributed by atoms with van der Waals surface area (Å²) in [5.74, 6) is 0.477. The number of allylic oxidation sites excluding steroid dienone is 4. The predicted octanol–water partition coefficient (Wildman–Crippen LogP) is 4.00. The molecule has 2 heteroatoms. The van der Waals surface area contributed by atoms with Crippen LogP contribution in [-0.4, -0.2) is 5.97 Å². The van der Waals surface area contributed by atoms with Crippen LogP contribution >= 0.6 is 0 Å². The second-order valence-electron chi connectivity index (χ2n) is 5.37. The number of hydrogen-bond acceptors (Lipinski definition) is 2. The minimum Gasteiger partial charge on any atom is -0.427 e. The Hall–Kier alpha value is -1.31. The van der Waals surface area contributed by atoms with Gasteiger partial charge >= 0.3 is 5.97 Å². The van der Waals surface area contributed by atoms with Crippen molar-refractivity contribution in [2.45, 2.75) is 40.5 Å². The van der Waals surface area contributed by atoms with E-state index in [2.05, 4.69) is 39.5 Å². The molecule has 1 aliphatic rings. The first kappa shape index (κ1) is 13.8. The van der Waals surface area contributed by atoms with Gasteiger partial charge in [0.25, 0.3) is 0 Å². The summed E-state index contributed by atoms with van der Waals surface area (Å²) in [5.41, 5.74) is 1.64. The summed E-state index contributed by atoms with van der Waals surface area (Å²) in [6, 6.07) is 0. The number of carbonyl (C=O) groups excluding carboxylic acids is 1. The van der Waals surface area contributed by atoms with Crippen LogP contribution in [0.1, 0.15) is 40.5 Å². The lowest BCUT2D eigenvalue weighted by molar-refractivity contribution is -0.136. The summed E-state index contributed by atoms with van der Waals surface area (Å²) in [4.78, 5) is 10.8. The molecule has 94 valence electrons. The summed E-state index contributed by atoms with van der Waals surface area (Å²) in [6.45, 7) is 11.8. The van der Waals surface area contributed by atoms with Crippen LogP contribution in [0.2, 0.25) is 0 Å². The third kappa shape index (κ3) is 3.88. The highest BCUT2D eigenvalue weighted by Crippen LogP contribution is 2.41. The maximum Gasteiger partial charge on any atom is 0.308 e. The second-order valence-corrected chi connectivity index (χ2v) is 5.37. The molecule has 0 N–H and O–H groups in total. The molecule has 0 amide bonds. The van der Waals surface area contributed by atoms with Crippen LogP contribution in [0.4, 0.5) is 0 Å². The van der Waals surface area contributed by atoms with Crippen LogP contribution in [0.5, 0.6) is 0 Å². The van der Waals surface area contributed by atoms with E-state index in [0.29, 0.717) is 11.7 Å². The van der Waals surface area contributed by atoms with Gasteiger partial charge in [0.05, 0.1) is 0 Å². The minimum atomic E-state index is -0.324. The monoisotopic (exact) mass is 234 g/mol. The highest BCUT2D eigenvalue weighted by atomic mass is 16.5. The maximum absolute atomic E-state index is 10.8. The average Bonchev–Trinajstić information content (AvgIpc) is 2.14. The molecule has 0 saturated carbocycles. The van der Waals surface area contributed by atoms with Gasteiger partial charge in [0.15, 0.2) is 0 Å². The molecule has 0 spiro atoms. The first-order chi connectivity index (χ1) is 7.83. The fourth-order valence-corrected chi connectivity index (χ4v) is 2.41.